The fraction of sp³-hybridized carbons (Fsp3) is 0.500. The average Bonchev–Trinajstić information content (AvgIpc) is 2.54. The number of amides is 1. The number of rotatable bonds is 5. The molecule has 6 heteroatoms. The lowest BCUT2D eigenvalue weighted by Gasteiger charge is -2.27. The van der Waals surface area contributed by atoms with Crippen molar-refractivity contribution < 1.29 is 24.2 Å². The number of ether oxygens (including phenoxy) is 2. The zero-order valence-corrected chi connectivity index (χ0v) is 12.8. The van der Waals surface area contributed by atoms with Crippen molar-refractivity contribution in [1.82, 2.24) is 5.32 Å². The zero-order valence-electron chi connectivity index (χ0n) is 12.8. The highest BCUT2D eigenvalue weighted by Crippen LogP contribution is 2.26. The van der Waals surface area contributed by atoms with Crippen LogP contribution in [0.1, 0.15) is 36.0 Å². The van der Waals surface area contributed by atoms with Crippen LogP contribution in [0.3, 0.4) is 0 Å². The van der Waals surface area contributed by atoms with E-state index in [1.165, 1.54) is 14.2 Å². The number of hydrogen-bond donors (Lipinski definition) is 2. The number of aliphatic carboxylic acids is 1. The summed E-state index contributed by atoms with van der Waals surface area (Å²) in [4.78, 5) is 23.4. The van der Waals surface area contributed by atoms with Crippen LogP contribution in [0.4, 0.5) is 0 Å². The predicted octanol–water partition coefficient (Wildman–Crippen LogP) is 2.08. The van der Waals surface area contributed by atoms with Crippen LogP contribution in [0.2, 0.25) is 0 Å². The van der Waals surface area contributed by atoms with Crippen molar-refractivity contribution in [1.29, 1.82) is 0 Å². The Hall–Kier alpha value is -2.24. The molecule has 2 unspecified atom stereocenters. The Bertz CT molecular complexity index is 535. The third-order valence-electron chi connectivity index (χ3n) is 3.97. The topological polar surface area (TPSA) is 84.9 Å². The van der Waals surface area contributed by atoms with Gasteiger partial charge < -0.3 is 19.9 Å². The van der Waals surface area contributed by atoms with Gasteiger partial charge in [0.15, 0.2) is 0 Å². The third-order valence-corrected chi connectivity index (χ3v) is 3.97. The molecule has 0 aromatic heterocycles. The Labute approximate surface area is 129 Å². The van der Waals surface area contributed by atoms with Gasteiger partial charge in [0.05, 0.1) is 20.1 Å². The maximum Gasteiger partial charge on any atom is 0.306 e. The van der Waals surface area contributed by atoms with Crippen LogP contribution < -0.4 is 14.8 Å². The van der Waals surface area contributed by atoms with Gasteiger partial charge in [-0.05, 0) is 31.4 Å². The molecule has 1 saturated carbocycles. The van der Waals surface area contributed by atoms with E-state index < -0.39 is 5.97 Å². The molecular formula is C16H21NO5. The van der Waals surface area contributed by atoms with E-state index in [9.17, 15) is 9.59 Å². The number of carbonyl (C=O) groups excluding carboxylic acids is 1. The highest BCUT2D eigenvalue weighted by molar-refractivity contribution is 5.95. The second-order valence-electron chi connectivity index (χ2n) is 5.47. The lowest BCUT2D eigenvalue weighted by atomic mass is 9.85. The molecule has 0 saturated heterocycles. The van der Waals surface area contributed by atoms with Crippen LogP contribution in [0.25, 0.3) is 0 Å². The van der Waals surface area contributed by atoms with Crippen LogP contribution in [0.15, 0.2) is 18.2 Å². The Morgan fingerprint density at radius 3 is 2.32 bits per heavy atom. The van der Waals surface area contributed by atoms with Gasteiger partial charge in [-0.25, -0.2) is 0 Å². The monoisotopic (exact) mass is 307 g/mol. The molecular weight excluding hydrogens is 286 g/mol. The van der Waals surface area contributed by atoms with E-state index in [0.29, 0.717) is 29.9 Å². The number of carboxylic acid groups (broad SMARTS) is 1. The highest BCUT2D eigenvalue weighted by Gasteiger charge is 2.28. The minimum absolute atomic E-state index is 0.112. The van der Waals surface area contributed by atoms with Gasteiger partial charge in [-0.2, -0.15) is 0 Å². The predicted molar refractivity (Wildman–Crippen MR) is 80.4 cm³/mol. The number of nitrogens with one attached hydrogen (secondary N) is 1. The van der Waals surface area contributed by atoms with Gasteiger partial charge in [0, 0.05) is 17.7 Å². The first-order valence-corrected chi connectivity index (χ1v) is 7.30. The van der Waals surface area contributed by atoms with E-state index in [1.807, 2.05) is 0 Å². The summed E-state index contributed by atoms with van der Waals surface area (Å²) >= 11 is 0. The maximum atomic E-state index is 12.4. The number of benzene rings is 1. The Kier molecular flexibility index (Phi) is 5.25. The lowest BCUT2D eigenvalue weighted by Crippen LogP contribution is -2.39. The fourth-order valence-corrected chi connectivity index (χ4v) is 2.75. The summed E-state index contributed by atoms with van der Waals surface area (Å²) in [5.41, 5.74) is 0.439. The smallest absolute Gasteiger partial charge is 0.306 e. The van der Waals surface area contributed by atoms with Crippen LogP contribution >= 0.6 is 0 Å². The summed E-state index contributed by atoms with van der Waals surface area (Å²) in [6.07, 6.45) is 2.76. The van der Waals surface area contributed by atoms with Crippen molar-refractivity contribution in [3.8, 4) is 11.5 Å². The van der Waals surface area contributed by atoms with Crippen molar-refractivity contribution in [3.63, 3.8) is 0 Å². The first-order chi connectivity index (χ1) is 10.5. The molecule has 1 aromatic carbocycles. The minimum Gasteiger partial charge on any atom is -0.497 e. The zero-order chi connectivity index (χ0) is 16.1. The molecule has 0 radical (unpaired) electrons. The SMILES string of the molecule is COc1cc(OC)cc(C(=O)NC2CCCC(C(=O)O)C2)c1. The second kappa shape index (κ2) is 7.15. The van der Waals surface area contributed by atoms with Gasteiger partial charge in [0.2, 0.25) is 0 Å². The van der Waals surface area contributed by atoms with Gasteiger partial charge >= 0.3 is 5.97 Å². The van der Waals surface area contributed by atoms with E-state index in [1.54, 1.807) is 18.2 Å². The molecule has 1 fully saturated rings. The summed E-state index contributed by atoms with van der Waals surface area (Å²) in [6.45, 7) is 0. The molecule has 22 heavy (non-hydrogen) atoms. The van der Waals surface area contributed by atoms with Crippen molar-refractivity contribution in [3.05, 3.63) is 23.8 Å². The maximum absolute atomic E-state index is 12.4. The van der Waals surface area contributed by atoms with Gasteiger partial charge in [-0.1, -0.05) is 6.42 Å². The Balaban J connectivity index is 2.07. The quantitative estimate of drug-likeness (QED) is 0.870. The molecule has 2 rings (SSSR count). The van der Waals surface area contributed by atoms with Crippen LogP contribution in [-0.2, 0) is 4.79 Å². The molecule has 0 spiro atoms. The summed E-state index contributed by atoms with van der Waals surface area (Å²) < 4.78 is 10.3. The minimum atomic E-state index is -0.790. The van der Waals surface area contributed by atoms with E-state index in [-0.39, 0.29) is 17.9 Å². The molecule has 2 N–H and O–H groups in total. The Morgan fingerprint density at radius 1 is 1.14 bits per heavy atom. The summed E-state index contributed by atoms with van der Waals surface area (Å²) in [5.74, 6) is -0.331. The van der Waals surface area contributed by atoms with Crippen LogP contribution in [0, 0.1) is 5.92 Å². The molecule has 6 nitrogen and oxygen atoms in total. The normalized spacial score (nSPS) is 21.0. The van der Waals surface area contributed by atoms with Crippen molar-refractivity contribution in [2.45, 2.75) is 31.7 Å². The van der Waals surface area contributed by atoms with Gasteiger partial charge in [-0.3, -0.25) is 9.59 Å². The summed E-state index contributed by atoms with van der Waals surface area (Å²) in [5, 5.41) is 12.0. The first-order valence-electron chi connectivity index (χ1n) is 7.30. The summed E-state index contributed by atoms with van der Waals surface area (Å²) in [6, 6.07) is 4.85. The second-order valence-corrected chi connectivity index (χ2v) is 5.47. The largest absolute Gasteiger partial charge is 0.497 e. The number of carbonyl (C=O) groups is 2. The van der Waals surface area contributed by atoms with Gasteiger partial charge in [0.1, 0.15) is 11.5 Å². The molecule has 1 amide bonds. The van der Waals surface area contributed by atoms with Crippen molar-refractivity contribution in [2.75, 3.05) is 14.2 Å². The number of methoxy groups -OCH3 is 2. The molecule has 0 aliphatic heterocycles. The molecule has 0 heterocycles. The number of carboxylic acids is 1. The Morgan fingerprint density at radius 2 is 1.77 bits per heavy atom. The molecule has 2 atom stereocenters. The van der Waals surface area contributed by atoms with E-state index in [0.717, 1.165) is 12.8 Å². The molecule has 1 aliphatic rings. The van der Waals surface area contributed by atoms with E-state index in [4.69, 9.17) is 14.6 Å². The van der Waals surface area contributed by atoms with Gasteiger partial charge in [0.25, 0.3) is 5.91 Å². The number of hydrogen-bond acceptors (Lipinski definition) is 4. The fourth-order valence-electron chi connectivity index (χ4n) is 2.75. The van der Waals surface area contributed by atoms with E-state index in [2.05, 4.69) is 5.32 Å². The van der Waals surface area contributed by atoms with Crippen molar-refractivity contribution in [2.24, 2.45) is 5.92 Å². The van der Waals surface area contributed by atoms with E-state index >= 15 is 0 Å². The molecule has 120 valence electrons. The average molecular weight is 307 g/mol. The summed E-state index contributed by atoms with van der Waals surface area (Å²) in [7, 11) is 3.05. The standard InChI is InChI=1S/C16H21NO5/c1-21-13-7-11(8-14(9-13)22-2)15(18)17-12-5-3-4-10(6-12)16(19)20/h7-10,12H,3-6H2,1-2H3,(H,17,18)(H,19,20). The van der Waals surface area contributed by atoms with Crippen LogP contribution in [0.5, 0.6) is 11.5 Å². The lowest BCUT2D eigenvalue weighted by molar-refractivity contribution is -0.143. The van der Waals surface area contributed by atoms with Crippen LogP contribution in [-0.4, -0.2) is 37.2 Å². The van der Waals surface area contributed by atoms with Gasteiger partial charge in [-0.15, -0.1) is 0 Å². The first kappa shape index (κ1) is 16.1. The van der Waals surface area contributed by atoms with Crippen molar-refractivity contribution >= 4 is 11.9 Å². The third kappa shape index (κ3) is 3.90. The highest BCUT2D eigenvalue weighted by atomic mass is 16.5. The molecule has 0 bridgehead atoms. The molecule has 1 aliphatic carbocycles. The molecule has 1 aromatic rings.